The van der Waals surface area contributed by atoms with Gasteiger partial charge in [0, 0.05) is 33.1 Å². The van der Waals surface area contributed by atoms with E-state index >= 15 is 0 Å². The van der Waals surface area contributed by atoms with Crippen LogP contribution in [0.15, 0.2) is 34.9 Å². The molecule has 2 N–H and O–H groups in total. The molecule has 0 saturated carbocycles. The fourth-order valence-electron chi connectivity index (χ4n) is 4.29. The lowest BCUT2D eigenvalue weighted by Gasteiger charge is -2.44. The minimum atomic E-state index is -3.04. The Kier molecular flexibility index (Phi) is 5.26. The summed E-state index contributed by atoms with van der Waals surface area (Å²) in [5.41, 5.74) is 8.64. The molecule has 2 atom stereocenters. The van der Waals surface area contributed by atoms with Crippen molar-refractivity contribution in [3.05, 3.63) is 40.3 Å². The van der Waals surface area contributed by atoms with Crippen molar-refractivity contribution in [2.24, 2.45) is 10.7 Å². The Hall–Kier alpha value is -1.82. The Balaban J connectivity index is 1.68. The van der Waals surface area contributed by atoms with E-state index in [9.17, 15) is 8.42 Å². The molecule has 5 nitrogen and oxygen atoms in total. The first-order valence-corrected chi connectivity index (χ1v) is 13.0. The van der Waals surface area contributed by atoms with Gasteiger partial charge in [0.05, 0.1) is 17.0 Å². The highest BCUT2D eigenvalue weighted by Gasteiger charge is 2.49. The van der Waals surface area contributed by atoms with Crippen LogP contribution in [0.4, 0.5) is 0 Å². The molecule has 2 aromatic heterocycles. The fraction of sp³-hybridized carbons (Fsp3) is 0.429. The van der Waals surface area contributed by atoms with Crippen molar-refractivity contribution in [3.63, 3.8) is 0 Å². The van der Waals surface area contributed by atoms with Gasteiger partial charge in [0.25, 0.3) is 0 Å². The second-order valence-corrected chi connectivity index (χ2v) is 12.5. The van der Waals surface area contributed by atoms with Crippen LogP contribution in [0, 0.1) is 11.8 Å². The van der Waals surface area contributed by atoms with Crippen LogP contribution in [0.3, 0.4) is 0 Å². The summed E-state index contributed by atoms with van der Waals surface area (Å²) >= 11 is 3.08. The number of rotatable bonds is 2. The third kappa shape index (κ3) is 4.23. The van der Waals surface area contributed by atoms with E-state index in [0.717, 1.165) is 28.0 Å². The molecule has 8 heteroatoms. The highest BCUT2D eigenvalue weighted by Crippen LogP contribution is 2.51. The van der Waals surface area contributed by atoms with E-state index in [4.69, 9.17) is 10.7 Å². The van der Waals surface area contributed by atoms with Crippen LogP contribution in [0.2, 0.25) is 0 Å². The second kappa shape index (κ2) is 7.46. The third-order valence-electron chi connectivity index (χ3n) is 5.39. The summed E-state index contributed by atoms with van der Waals surface area (Å²) in [4.78, 5) is 10.2. The normalized spacial score (nSPS) is 28.4. The standard InChI is InChI=1S/C21H23N3O2S3/c1-3-5-15-8-16(11-23-10-15)17-9-18(27-12-17)20(2)13-21(28-19(22)24-20)6-4-7-29(25,26)14-21/h8-12H,4,6-7,13-14H2,1-2H3,(H2,22,24). The van der Waals surface area contributed by atoms with Gasteiger partial charge in [0.1, 0.15) is 0 Å². The molecule has 0 amide bonds. The smallest absolute Gasteiger partial charge is 0.155 e. The van der Waals surface area contributed by atoms with Crippen molar-refractivity contribution < 1.29 is 8.42 Å². The molecule has 4 rings (SSSR count). The molecule has 0 aromatic carbocycles. The average Bonchev–Trinajstić information content (AvgIpc) is 3.11. The van der Waals surface area contributed by atoms with Gasteiger partial charge < -0.3 is 5.73 Å². The molecular weight excluding hydrogens is 422 g/mol. The van der Waals surface area contributed by atoms with Crippen molar-refractivity contribution in [1.29, 1.82) is 0 Å². The topological polar surface area (TPSA) is 85.4 Å². The number of hydrogen-bond acceptors (Lipinski definition) is 7. The van der Waals surface area contributed by atoms with Crippen molar-refractivity contribution in [3.8, 4) is 23.0 Å². The van der Waals surface area contributed by atoms with Crippen LogP contribution in [0.1, 0.15) is 43.6 Å². The van der Waals surface area contributed by atoms with Crippen molar-refractivity contribution in [1.82, 2.24) is 4.98 Å². The second-order valence-electron chi connectivity index (χ2n) is 7.92. The van der Waals surface area contributed by atoms with E-state index in [2.05, 4.69) is 35.2 Å². The van der Waals surface area contributed by atoms with E-state index < -0.39 is 15.4 Å². The quantitative estimate of drug-likeness (QED) is 0.711. The van der Waals surface area contributed by atoms with Crippen LogP contribution < -0.4 is 5.73 Å². The van der Waals surface area contributed by atoms with Gasteiger partial charge in [0.2, 0.25) is 0 Å². The van der Waals surface area contributed by atoms with Crippen LogP contribution in [0.25, 0.3) is 11.1 Å². The number of aliphatic imine (C=N–C) groups is 1. The Morgan fingerprint density at radius 3 is 2.83 bits per heavy atom. The number of pyridine rings is 1. The number of sulfone groups is 1. The predicted molar refractivity (Wildman–Crippen MR) is 122 cm³/mol. The van der Waals surface area contributed by atoms with Gasteiger partial charge in [0.15, 0.2) is 15.0 Å². The van der Waals surface area contributed by atoms with E-state index in [1.807, 2.05) is 12.3 Å². The summed E-state index contributed by atoms with van der Waals surface area (Å²) < 4.78 is 24.3. The molecule has 0 bridgehead atoms. The maximum Gasteiger partial charge on any atom is 0.155 e. The zero-order valence-electron chi connectivity index (χ0n) is 16.4. The van der Waals surface area contributed by atoms with Gasteiger partial charge in [-0.3, -0.25) is 9.98 Å². The van der Waals surface area contributed by atoms with E-state index in [1.165, 1.54) is 11.8 Å². The number of nitrogens with zero attached hydrogens (tertiary/aromatic N) is 2. The largest absolute Gasteiger partial charge is 0.378 e. The zero-order chi connectivity index (χ0) is 20.7. The molecular formula is C21H23N3O2S3. The first kappa shape index (κ1) is 20.5. The van der Waals surface area contributed by atoms with E-state index in [0.29, 0.717) is 18.0 Å². The molecule has 0 radical (unpaired) electrons. The zero-order valence-corrected chi connectivity index (χ0v) is 18.9. The van der Waals surface area contributed by atoms with Gasteiger partial charge in [-0.2, -0.15) is 0 Å². The molecule has 1 spiro atoms. The SMILES string of the molecule is CC#Cc1cncc(-c2csc(C3(C)CC4(CCCS(=O)(=O)C4)SC(N)=N3)c2)c1. The van der Waals surface area contributed by atoms with Crippen LogP contribution in [-0.4, -0.2) is 34.8 Å². The lowest BCUT2D eigenvalue weighted by Crippen LogP contribution is -2.48. The highest BCUT2D eigenvalue weighted by atomic mass is 32.2. The monoisotopic (exact) mass is 445 g/mol. The maximum atomic E-state index is 12.3. The van der Waals surface area contributed by atoms with Gasteiger partial charge in [-0.05, 0) is 56.2 Å². The minimum absolute atomic E-state index is 0.177. The summed E-state index contributed by atoms with van der Waals surface area (Å²) in [6.07, 6.45) is 5.79. The van der Waals surface area contributed by atoms with E-state index in [-0.39, 0.29) is 16.3 Å². The Bertz CT molecular complexity index is 1140. The number of hydrogen-bond donors (Lipinski definition) is 1. The molecule has 2 aromatic rings. The molecule has 2 aliphatic rings. The van der Waals surface area contributed by atoms with Crippen LogP contribution in [-0.2, 0) is 15.4 Å². The fourth-order valence-corrected chi connectivity index (χ4v) is 9.16. The minimum Gasteiger partial charge on any atom is -0.378 e. The summed E-state index contributed by atoms with van der Waals surface area (Å²) in [5.74, 6) is 6.39. The number of thiophene rings is 1. The summed E-state index contributed by atoms with van der Waals surface area (Å²) in [6.45, 7) is 3.87. The van der Waals surface area contributed by atoms with Gasteiger partial charge in [-0.25, -0.2) is 8.42 Å². The molecule has 152 valence electrons. The highest BCUT2D eigenvalue weighted by molar-refractivity contribution is 8.15. The Morgan fingerprint density at radius 2 is 2.07 bits per heavy atom. The van der Waals surface area contributed by atoms with Crippen LogP contribution in [0.5, 0.6) is 0 Å². The lowest BCUT2D eigenvalue weighted by molar-refractivity contribution is 0.372. The third-order valence-corrected chi connectivity index (χ3v) is 9.88. The molecule has 0 aliphatic carbocycles. The first-order valence-electron chi connectivity index (χ1n) is 9.45. The number of nitrogens with two attached hydrogens (primary N) is 1. The number of aromatic nitrogens is 1. The molecule has 1 fully saturated rings. The van der Waals surface area contributed by atoms with Crippen LogP contribution >= 0.6 is 23.1 Å². The molecule has 4 heterocycles. The van der Waals surface area contributed by atoms with Crippen molar-refractivity contribution >= 4 is 38.1 Å². The van der Waals surface area contributed by atoms with Gasteiger partial charge in [-0.15, -0.1) is 17.3 Å². The summed E-state index contributed by atoms with van der Waals surface area (Å²) in [7, 11) is -3.04. The summed E-state index contributed by atoms with van der Waals surface area (Å²) in [6, 6.07) is 4.16. The molecule has 2 unspecified atom stereocenters. The predicted octanol–water partition coefficient (Wildman–Crippen LogP) is 3.80. The maximum absolute atomic E-state index is 12.3. The first-order chi connectivity index (χ1) is 13.7. The van der Waals surface area contributed by atoms with Crippen molar-refractivity contribution in [2.75, 3.05) is 11.5 Å². The lowest BCUT2D eigenvalue weighted by atomic mass is 9.85. The number of thioether (sulfide) groups is 1. The van der Waals surface area contributed by atoms with Gasteiger partial charge >= 0.3 is 0 Å². The molecule has 29 heavy (non-hydrogen) atoms. The number of amidine groups is 1. The average molecular weight is 446 g/mol. The van der Waals surface area contributed by atoms with Crippen molar-refractivity contribution in [2.45, 2.75) is 43.4 Å². The Labute approximate surface area is 180 Å². The molecule has 1 saturated heterocycles. The summed E-state index contributed by atoms with van der Waals surface area (Å²) in [5, 5.41) is 2.58. The van der Waals surface area contributed by atoms with E-state index in [1.54, 1.807) is 24.5 Å². The Morgan fingerprint density at radius 1 is 1.24 bits per heavy atom. The van der Waals surface area contributed by atoms with Gasteiger partial charge in [-0.1, -0.05) is 17.7 Å². The molecule has 2 aliphatic heterocycles.